The molecule has 4 aromatic rings. The van der Waals surface area contributed by atoms with Gasteiger partial charge in [0.2, 0.25) is 0 Å². The smallest absolute Gasteiger partial charge is 0.253 e. The van der Waals surface area contributed by atoms with Crippen LogP contribution in [0.5, 0.6) is 0 Å². The number of Topliss-reactive ketones (excluding diaryl/α,β-unsaturated/α-hetero) is 1. The fraction of sp³-hybridized carbons (Fsp3) is 0.242. The number of carbonyl (C=O) groups excluding carboxylic acids is 2. The van der Waals surface area contributed by atoms with Gasteiger partial charge in [-0.2, -0.15) is 0 Å². The highest BCUT2D eigenvalue weighted by atomic mass is 16.3. The number of amides is 1. The molecule has 1 fully saturated rings. The van der Waals surface area contributed by atoms with E-state index in [2.05, 4.69) is 0 Å². The molecule has 1 aliphatic heterocycles. The Bertz CT molecular complexity index is 1450. The maximum absolute atomic E-state index is 13.9. The van der Waals surface area contributed by atoms with Crippen LogP contribution < -0.4 is 5.56 Å². The standard InChI is InChI=1S/C33H32N2O4/c1-24-17-22-35(29(36)23-24)30(31(37)25-11-5-2-6-12-25)32(38)34-20-18-28(19-21-34)33(39,26-13-7-3-8-14-26)27-15-9-4-10-16-27/h2-17,22-23,28,30,39H,18-21H2,1H3/t30-/m1/s1. The number of ketones is 1. The minimum atomic E-state index is -1.29. The van der Waals surface area contributed by atoms with Crippen molar-refractivity contribution in [3.8, 4) is 0 Å². The van der Waals surface area contributed by atoms with Crippen molar-refractivity contribution in [2.45, 2.75) is 31.4 Å². The molecule has 0 bridgehead atoms. The summed E-state index contributed by atoms with van der Waals surface area (Å²) in [6, 6.07) is 29.7. The van der Waals surface area contributed by atoms with Gasteiger partial charge in [0.1, 0.15) is 5.60 Å². The van der Waals surface area contributed by atoms with Gasteiger partial charge < -0.3 is 10.0 Å². The fourth-order valence-corrected chi connectivity index (χ4v) is 5.63. The van der Waals surface area contributed by atoms with Gasteiger partial charge in [-0.25, -0.2) is 0 Å². The lowest BCUT2D eigenvalue weighted by Gasteiger charge is -2.43. The average Bonchev–Trinajstić information content (AvgIpc) is 2.99. The number of hydrogen-bond acceptors (Lipinski definition) is 4. The summed E-state index contributed by atoms with van der Waals surface area (Å²) in [5, 5.41) is 12.2. The molecule has 1 aromatic heterocycles. The zero-order valence-corrected chi connectivity index (χ0v) is 21.9. The summed E-state index contributed by atoms with van der Waals surface area (Å²) in [5.41, 5.74) is 1.14. The summed E-state index contributed by atoms with van der Waals surface area (Å²) in [5.74, 6) is -0.966. The molecule has 5 rings (SSSR count). The Hall–Kier alpha value is -4.29. The van der Waals surface area contributed by atoms with E-state index in [4.69, 9.17) is 0 Å². The molecule has 1 saturated heterocycles. The van der Waals surface area contributed by atoms with E-state index in [1.54, 1.807) is 48.2 Å². The summed E-state index contributed by atoms with van der Waals surface area (Å²) < 4.78 is 1.24. The minimum absolute atomic E-state index is 0.142. The molecular formula is C33H32N2O4. The Morgan fingerprint density at radius 3 is 1.85 bits per heavy atom. The van der Waals surface area contributed by atoms with E-state index in [1.807, 2.05) is 60.7 Å². The Kier molecular flexibility index (Phi) is 7.57. The summed E-state index contributed by atoms with van der Waals surface area (Å²) in [4.78, 5) is 42.1. The number of hydrogen-bond donors (Lipinski definition) is 1. The van der Waals surface area contributed by atoms with Crippen LogP contribution in [0.1, 0.15) is 45.9 Å². The number of pyridine rings is 1. The molecule has 2 heterocycles. The van der Waals surface area contributed by atoms with E-state index in [1.165, 1.54) is 16.8 Å². The number of aliphatic hydroxyl groups is 1. The highest BCUT2D eigenvalue weighted by molar-refractivity contribution is 6.11. The first-order chi connectivity index (χ1) is 18.9. The topological polar surface area (TPSA) is 79.6 Å². The molecule has 0 radical (unpaired) electrons. The maximum atomic E-state index is 13.9. The molecule has 39 heavy (non-hydrogen) atoms. The SMILES string of the molecule is Cc1ccn([C@H](C(=O)c2ccccc2)C(=O)N2CCC(C(O)(c3ccccc3)c3ccccc3)CC2)c(=O)c1. The molecule has 1 amide bonds. The number of nitrogens with zero attached hydrogens (tertiary/aromatic N) is 2. The fourth-order valence-electron chi connectivity index (χ4n) is 5.63. The molecule has 3 aromatic carbocycles. The third-order valence-corrected chi connectivity index (χ3v) is 7.75. The van der Waals surface area contributed by atoms with Crippen LogP contribution in [0.25, 0.3) is 0 Å². The Balaban J connectivity index is 1.43. The van der Waals surface area contributed by atoms with Gasteiger partial charge in [-0.3, -0.25) is 19.0 Å². The van der Waals surface area contributed by atoms with Crippen LogP contribution in [0.4, 0.5) is 0 Å². The van der Waals surface area contributed by atoms with Crippen LogP contribution in [0.2, 0.25) is 0 Å². The largest absolute Gasteiger partial charge is 0.380 e. The van der Waals surface area contributed by atoms with Crippen molar-refractivity contribution in [3.05, 3.63) is 142 Å². The highest BCUT2D eigenvalue weighted by Crippen LogP contribution is 2.42. The molecule has 6 nitrogen and oxygen atoms in total. The van der Waals surface area contributed by atoms with Crippen molar-refractivity contribution < 1.29 is 14.7 Å². The van der Waals surface area contributed by atoms with Crippen molar-refractivity contribution in [3.63, 3.8) is 0 Å². The normalized spacial score (nSPS) is 15.1. The molecule has 1 atom stereocenters. The van der Waals surface area contributed by atoms with Crippen molar-refractivity contribution in [1.29, 1.82) is 0 Å². The lowest BCUT2D eigenvalue weighted by Crippen LogP contribution is -2.49. The third kappa shape index (κ3) is 5.20. The Morgan fingerprint density at radius 1 is 0.821 bits per heavy atom. The van der Waals surface area contributed by atoms with E-state index >= 15 is 0 Å². The van der Waals surface area contributed by atoms with Crippen LogP contribution in [-0.4, -0.2) is 39.4 Å². The van der Waals surface area contributed by atoms with Crippen LogP contribution in [0.3, 0.4) is 0 Å². The second-order valence-electron chi connectivity index (χ2n) is 10.2. The zero-order valence-electron chi connectivity index (χ0n) is 21.9. The summed E-state index contributed by atoms with van der Waals surface area (Å²) in [6.07, 6.45) is 2.61. The first-order valence-corrected chi connectivity index (χ1v) is 13.3. The maximum Gasteiger partial charge on any atom is 0.253 e. The third-order valence-electron chi connectivity index (χ3n) is 7.75. The number of likely N-dealkylation sites (tertiary alicyclic amines) is 1. The number of carbonyl (C=O) groups is 2. The van der Waals surface area contributed by atoms with E-state index in [9.17, 15) is 19.5 Å². The molecule has 0 saturated carbocycles. The van der Waals surface area contributed by atoms with E-state index in [-0.39, 0.29) is 5.92 Å². The van der Waals surface area contributed by atoms with Gasteiger partial charge in [0.25, 0.3) is 11.5 Å². The number of aryl methyl sites for hydroxylation is 1. The lowest BCUT2D eigenvalue weighted by atomic mass is 9.72. The molecule has 1 N–H and O–H groups in total. The van der Waals surface area contributed by atoms with E-state index in [0.29, 0.717) is 31.5 Å². The highest BCUT2D eigenvalue weighted by Gasteiger charge is 2.43. The van der Waals surface area contributed by atoms with Crippen LogP contribution >= 0.6 is 0 Å². The average molecular weight is 521 g/mol. The van der Waals surface area contributed by atoms with Crippen LogP contribution in [0.15, 0.2) is 114 Å². The first kappa shape index (κ1) is 26.3. The van der Waals surface area contributed by atoms with Gasteiger partial charge in [0.15, 0.2) is 11.8 Å². The molecule has 198 valence electrons. The van der Waals surface area contributed by atoms with Crippen molar-refractivity contribution in [1.82, 2.24) is 9.47 Å². The van der Waals surface area contributed by atoms with Gasteiger partial charge in [0, 0.05) is 30.9 Å². The van der Waals surface area contributed by atoms with Crippen molar-refractivity contribution in [2.75, 3.05) is 13.1 Å². The monoisotopic (exact) mass is 520 g/mol. The van der Waals surface area contributed by atoms with E-state index < -0.39 is 28.9 Å². The predicted molar refractivity (Wildman–Crippen MR) is 150 cm³/mol. The second kappa shape index (κ2) is 11.2. The molecular weight excluding hydrogens is 488 g/mol. The predicted octanol–water partition coefficient (Wildman–Crippen LogP) is 4.76. The van der Waals surface area contributed by atoms with Gasteiger partial charge in [-0.1, -0.05) is 91.0 Å². The minimum Gasteiger partial charge on any atom is -0.380 e. The number of aromatic nitrogens is 1. The van der Waals surface area contributed by atoms with Gasteiger partial charge in [-0.05, 0) is 48.4 Å². The Morgan fingerprint density at radius 2 is 1.33 bits per heavy atom. The van der Waals surface area contributed by atoms with Gasteiger partial charge in [0.05, 0.1) is 0 Å². The molecule has 6 heteroatoms. The number of benzene rings is 3. The van der Waals surface area contributed by atoms with Crippen molar-refractivity contribution in [2.24, 2.45) is 5.92 Å². The summed E-state index contributed by atoms with van der Waals surface area (Å²) in [6.45, 7) is 2.53. The molecule has 1 aliphatic rings. The van der Waals surface area contributed by atoms with Gasteiger partial charge in [-0.15, -0.1) is 0 Å². The van der Waals surface area contributed by atoms with E-state index in [0.717, 1.165) is 16.7 Å². The number of rotatable bonds is 7. The Labute approximate surface area is 228 Å². The van der Waals surface area contributed by atoms with Crippen LogP contribution in [-0.2, 0) is 10.4 Å². The molecule has 0 aliphatic carbocycles. The quantitative estimate of drug-likeness (QED) is 0.282. The van der Waals surface area contributed by atoms with Gasteiger partial charge >= 0.3 is 0 Å². The summed E-state index contributed by atoms with van der Waals surface area (Å²) in [7, 11) is 0. The van der Waals surface area contributed by atoms with Crippen molar-refractivity contribution >= 4 is 11.7 Å². The molecule has 0 spiro atoms. The first-order valence-electron chi connectivity index (χ1n) is 13.3. The molecule has 0 unspecified atom stereocenters. The number of piperidine rings is 1. The second-order valence-corrected chi connectivity index (χ2v) is 10.2. The summed E-state index contributed by atoms with van der Waals surface area (Å²) >= 11 is 0. The zero-order chi connectivity index (χ0) is 27.4. The lowest BCUT2D eigenvalue weighted by molar-refractivity contribution is -0.136. The van der Waals surface area contributed by atoms with Crippen LogP contribution in [0, 0.1) is 12.8 Å².